The quantitative estimate of drug-likeness (QED) is 0.400. The topological polar surface area (TPSA) is 128 Å². The second kappa shape index (κ2) is 9.51. The number of methoxy groups -OCH3 is 1. The lowest BCUT2D eigenvalue weighted by Crippen LogP contribution is -2.66. The Bertz CT molecular complexity index is 664. The fourth-order valence-electron chi connectivity index (χ4n) is 4.41. The van der Waals surface area contributed by atoms with E-state index < -0.39 is 6.10 Å². The average Bonchev–Trinajstić information content (AvgIpc) is 2.68. The predicted molar refractivity (Wildman–Crippen MR) is 106 cm³/mol. The molecule has 1 aliphatic carbocycles. The normalized spacial score (nSPS) is 38.6. The maximum atomic E-state index is 12.7. The van der Waals surface area contributed by atoms with Crippen molar-refractivity contribution in [3.63, 3.8) is 0 Å². The minimum absolute atomic E-state index is 0.0224. The number of nitrogens with zero attached hydrogens (tertiary/aromatic N) is 1. The number of aliphatic hydroxyl groups excluding tert-OH is 1. The zero-order valence-corrected chi connectivity index (χ0v) is 17.5. The minimum Gasteiger partial charge on any atom is -0.390 e. The highest BCUT2D eigenvalue weighted by molar-refractivity contribution is 5.95. The molecular formula is C20H33N5O4. The number of nitriles is 1. The number of rotatable bonds is 6. The van der Waals surface area contributed by atoms with Crippen LogP contribution < -0.4 is 21.3 Å². The molecule has 7 unspecified atom stereocenters. The van der Waals surface area contributed by atoms with E-state index in [2.05, 4.69) is 27.3 Å². The molecule has 9 nitrogen and oxygen atoms in total. The molecule has 1 saturated heterocycles. The fraction of sp³-hybridized carbons (Fsp3) is 0.800. The molecule has 2 heterocycles. The van der Waals surface area contributed by atoms with Gasteiger partial charge in [0.1, 0.15) is 12.5 Å². The van der Waals surface area contributed by atoms with Crippen LogP contribution in [-0.2, 0) is 14.3 Å². The first-order valence-corrected chi connectivity index (χ1v) is 10.4. The number of ether oxygens (including phenoxy) is 2. The smallest absolute Gasteiger partial charge is 0.248 e. The number of hydrogen-bond acceptors (Lipinski definition) is 8. The summed E-state index contributed by atoms with van der Waals surface area (Å²) in [6.07, 6.45) is 1.74. The van der Waals surface area contributed by atoms with Crippen molar-refractivity contribution < 1.29 is 19.4 Å². The van der Waals surface area contributed by atoms with E-state index in [9.17, 15) is 15.2 Å². The van der Waals surface area contributed by atoms with Crippen LogP contribution in [0.5, 0.6) is 0 Å². The molecule has 3 aliphatic rings. The maximum absolute atomic E-state index is 12.7. The van der Waals surface area contributed by atoms with Gasteiger partial charge >= 0.3 is 0 Å². The van der Waals surface area contributed by atoms with Crippen LogP contribution in [0.3, 0.4) is 0 Å². The second-order valence-electron chi connectivity index (χ2n) is 8.42. The summed E-state index contributed by atoms with van der Waals surface area (Å²) in [7, 11) is 1.57. The molecule has 8 atom stereocenters. The van der Waals surface area contributed by atoms with Gasteiger partial charge in [0, 0.05) is 37.2 Å². The summed E-state index contributed by atoms with van der Waals surface area (Å²) in [5.41, 5.74) is 0.654. The van der Waals surface area contributed by atoms with E-state index in [1.54, 1.807) is 7.11 Å². The Labute approximate surface area is 172 Å². The lowest BCUT2D eigenvalue weighted by Gasteiger charge is -2.42. The standard InChI is InChI=1S/C20H33N5O4/c1-10(2)29-17-7-15-12(6-16(17)26)5-14(18(27)24-15)11(3)23-20-22-9-13(8-21)19(25-20)28-4/h5,10-13,15-17,19-20,22-23,25-26H,6-7,9H2,1-4H3,(H,24,27)/t11-,12?,13?,15?,16?,17?,19?,20?/m0/s1. The maximum Gasteiger partial charge on any atom is 0.248 e. The van der Waals surface area contributed by atoms with Gasteiger partial charge in [-0.2, -0.15) is 5.26 Å². The van der Waals surface area contributed by atoms with Gasteiger partial charge < -0.3 is 19.9 Å². The van der Waals surface area contributed by atoms with E-state index in [4.69, 9.17) is 9.47 Å². The predicted octanol–water partition coefficient (Wildman–Crippen LogP) is -0.458. The van der Waals surface area contributed by atoms with Crippen LogP contribution in [-0.4, -0.2) is 67.6 Å². The molecule has 1 saturated carbocycles. The van der Waals surface area contributed by atoms with Crippen molar-refractivity contribution in [2.45, 2.75) is 76.5 Å². The molecule has 9 heteroatoms. The first-order valence-electron chi connectivity index (χ1n) is 10.4. The summed E-state index contributed by atoms with van der Waals surface area (Å²) >= 11 is 0. The summed E-state index contributed by atoms with van der Waals surface area (Å²) in [5.74, 6) is -0.299. The minimum atomic E-state index is -0.540. The van der Waals surface area contributed by atoms with Gasteiger partial charge in [0.2, 0.25) is 5.91 Å². The van der Waals surface area contributed by atoms with Gasteiger partial charge in [-0.15, -0.1) is 0 Å². The van der Waals surface area contributed by atoms with Crippen molar-refractivity contribution in [2.75, 3.05) is 13.7 Å². The van der Waals surface area contributed by atoms with Crippen LogP contribution in [0.4, 0.5) is 0 Å². The van der Waals surface area contributed by atoms with Crippen LogP contribution in [0.25, 0.3) is 0 Å². The third kappa shape index (κ3) is 5.15. The molecular weight excluding hydrogens is 374 g/mol. The van der Waals surface area contributed by atoms with Crippen molar-refractivity contribution in [1.29, 1.82) is 5.26 Å². The lowest BCUT2D eigenvalue weighted by atomic mass is 9.77. The zero-order valence-electron chi connectivity index (χ0n) is 17.5. The van der Waals surface area contributed by atoms with E-state index in [0.29, 0.717) is 25.0 Å². The number of aliphatic hydroxyl groups is 1. The summed E-state index contributed by atoms with van der Waals surface area (Å²) in [6, 6.07) is 1.97. The number of fused-ring (bicyclic) bond motifs is 1. The molecule has 0 bridgehead atoms. The molecule has 0 aromatic carbocycles. The monoisotopic (exact) mass is 407 g/mol. The zero-order chi connectivity index (χ0) is 21.1. The van der Waals surface area contributed by atoms with Gasteiger partial charge in [0.05, 0.1) is 30.3 Å². The largest absolute Gasteiger partial charge is 0.390 e. The van der Waals surface area contributed by atoms with Crippen LogP contribution in [0, 0.1) is 23.2 Å². The third-order valence-electron chi connectivity index (χ3n) is 5.91. The van der Waals surface area contributed by atoms with Gasteiger partial charge in [-0.05, 0) is 33.6 Å². The van der Waals surface area contributed by atoms with Crippen molar-refractivity contribution in [3.05, 3.63) is 11.6 Å². The Balaban J connectivity index is 1.62. The lowest BCUT2D eigenvalue weighted by molar-refractivity contribution is -0.124. The van der Waals surface area contributed by atoms with E-state index >= 15 is 0 Å². The molecule has 29 heavy (non-hydrogen) atoms. The highest BCUT2D eigenvalue weighted by atomic mass is 16.5. The van der Waals surface area contributed by atoms with Gasteiger partial charge in [-0.25, -0.2) is 0 Å². The Kier molecular flexibility index (Phi) is 7.27. The number of carbonyl (C=O) groups excluding carboxylic acids is 1. The number of nitrogens with one attached hydrogen (secondary N) is 4. The number of hydrogen-bond donors (Lipinski definition) is 5. The fourth-order valence-corrected chi connectivity index (χ4v) is 4.41. The van der Waals surface area contributed by atoms with Crippen LogP contribution in [0.2, 0.25) is 0 Å². The van der Waals surface area contributed by atoms with Gasteiger partial charge in [0.15, 0.2) is 0 Å². The van der Waals surface area contributed by atoms with Gasteiger partial charge in [-0.1, -0.05) is 6.08 Å². The SMILES string of the molecule is COC1NC(N[C@@H](C)C2=CC3CC(O)C(OC(C)C)CC3NC2=O)NCC1C#N. The Morgan fingerprint density at radius 1 is 1.34 bits per heavy atom. The molecule has 3 rings (SSSR count). The second-order valence-corrected chi connectivity index (χ2v) is 8.42. The first kappa shape index (κ1) is 22.2. The molecule has 162 valence electrons. The van der Waals surface area contributed by atoms with E-state index in [1.807, 2.05) is 26.8 Å². The number of carbonyl (C=O) groups is 1. The summed E-state index contributed by atoms with van der Waals surface area (Å²) in [4.78, 5) is 12.7. The highest BCUT2D eigenvalue weighted by Gasteiger charge is 2.41. The van der Waals surface area contributed by atoms with Crippen molar-refractivity contribution in [2.24, 2.45) is 11.8 Å². The molecule has 1 amide bonds. The summed E-state index contributed by atoms with van der Waals surface area (Å²) in [6.45, 7) is 6.32. The number of amides is 1. The van der Waals surface area contributed by atoms with Crippen LogP contribution >= 0.6 is 0 Å². The molecule has 0 spiro atoms. The summed E-state index contributed by atoms with van der Waals surface area (Å²) < 4.78 is 11.2. The molecule has 2 fully saturated rings. The Morgan fingerprint density at radius 2 is 2.10 bits per heavy atom. The Hall–Kier alpha value is -1.54. The average molecular weight is 408 g/mol. The van der Waals surface area contributed by atoms with Crippen molar-refractivity contribution in [3.8, 4) is 6.07 Å². The van der Waals surface area contributed by atoms with Gasteiger partial charge in [0.25, 0.3) is 0 Å². The molecule has 0 radical (unpaired) electrons. The first-order chi connectivity index (χ1) is 13.8. The van der Waals surface area contributed by atoms with E-state index in [-0.39, 0.29) is 54.6 Å². The third-order valence-corrected chi connectivity index (χ3v) is 5.91. The molecule has 5 N–H and O–H groups in total. The van der Waals surface area contributed by atoms with Gasteiger partial charge in [-0.3, -0.25) is 20.7 Å². The molecule has 0 aromatic rings. The van der Waals surface area contributed by atoms with Crippen molar-refractivity contribution >= 4 is 5.91 Å². The van der Waals surface area contributed by atoms with Crippen molar-refractivity contribution in [1.82, 2.24) is 21.3 Å². The summed E-state index contributed by atoms with van der Waals surface area (Å²) in [5, 5.41) is 32.5. The Morgan fingerprint density at radius 3 is 2.76 bits per heavy atom. The van der Waals surface area contributed by atoms with E-state index in [0.717, 1.165) is 0 Å². The van der Waals surface area contributed by atoms with Crippen LogP contribution in [0.15, 0.2) is 11.6 Å². The molecule has 0 aromatic heterocycles. The molecule has 2 aliphatic heterocycles. The highest BCUT2D eigenvalue weighted by Crippen LogP contribution is 2.32. The van der Waals surface area contributed by atoms with E-state index in [1.165, 1.54) is 0 Å². The van der Waals surface area contributed by atoms with Crippen LogP contribution in [0.1, 0.15) is 33.6 Å².